The van der Waals surface area contributed by atoms with Gasteiger partial charge in [-0.2, -0.15) is 0 Å². The molecule has 1 unspecified atom stereocenters. The first-order valence-corrected chi connectivity index (χ1v) is 6.29. The molecule has 2 rings (SSSR count). The molecule has 0 saturated heterocycles. The molecule has 96 valence electrons. The third kappa shape index (κ3) is 2.79. The van der Waals surface area contributed by atoms with Gasteiger partial charge in [0.2, 0.25) is 0 Å². The van der Waals surface area contributed by atoms with E-state index in [9.17, 15) is 4.79 Å². The summed E-state index contributed by atoms with van der Waals surface area (Å²) in [4.78, 5) is 11.9. The fourth-order valence-corrected chi connectivity index (χ4v) is 2.18. The quantitative estimate of drug-likeness (QED) is 0.618. The summed E-state index contributed by atoms with van der Waals surface area (Å²) in [5.41, 5.74) is 2.30. The maximum absolute atomic E-state index is 11.9. The maximum Gasteiger partial charge on any atom is 0.327 e. The number of esters is 1. The summed E-state index contributed by atoms with van der Waals surface area (Å²) in [6.07, 6.45) is 4.18. The number of hydrogen-bond donors (Lipinski definition) is 1. The minimum Gasteiger partial charge on any atom is -0.468 e. The van der Waals surface area contributed by atoms with Crippen LogP contribution in [-0.2, 0) is 9.53 Å². The summed E-state index contributed by atoms with van der Waals surface area (Å²) in [5.74, 6) is 0.365. The summed E-state index contributed by atoms with van der Waals surface area (Å²) in [6, 6.07) is 7.71. The number of rotatable bonds is 6. The zero-order valence-electron chi connectivity index (χ0n) is 10.7. The van der Waals surface area contributed by atoms with Crippen molar-refractivity contribution in [2.45, 2.75) is 24.8 Å². The van der Waals surface area contributed by atoms with E-state index in [0.29, 0.717) is 12.5 Å². The van der Waals surface area contributed by atoms with Crippen LogP contribution in [0, 0.1) is 0 Å². The lowest BCUT2D eigenvalue weighted by Gasteiger charge is -2.19. The van der Waals surface area contributed by atoms with Crippen molar-refractivity contribution in [1.82, 2.24) is 5.32 Å². The van der Waals surface area contributed by atoms with Gasteiger partial charge in [-0.3, -0.25) is 5.32 Å². The van der Waals surface area contributed by atoms with Gasteiger partial charge in [0.15, 0.2) is 0 Å². The number of carbonyl (C=O) groups is 1. The van der Waals surface area contributed by atoms with Crippen molar-refractivity contribution >= 4 is 5.97 Å². The van der Waals surface area contributed by atoms with Crippen molar-refractivity contribution in [1.29, 1.82) is 0 Å². The van der Waals surface area contributed by atoms with Gasteiger partial charge in [-0.25, -0.2) is 4.79 Å². The van der Waals surface area contributed by atoms with Crippen LogP contribution in [0.5, 0.6) is 0 Å². The molecule has 1 saturated carbocycles. The molecule has 1 aliphatic rings. The molecule has 0 radical (unpaired) electrons. The molecule has 1 fully saturated rings. The third-order valence-corrected chi connectivity index (χ3v) is 3.23. The molecular formula is C15H19NO2. The summed E-state index contributed by atoms with van der Waals surface area (Å²) in [6.45, 7) is 4.25. The second-order valence-corrected chi connectivity index (χ2v) is 4.56. The molecule has 0 spiro atoms. The summed E-state index contributed by atoms with van der Waals surface area (Å²) >= 11 is 0. The predicted molar refractivity (Wildman–Crippen MR) is 71.4 cm³/mol. The van der Waals surface area contributed by atoms with E-state index >= 15 is 0 Å². The Morgan fingerprint density at radius 1 is 1.56 bits per heavy atom. The van der Waals surface area contributed by atoms with E-state index in [1.54, 1.807) is 6.08 Å². The van der Waals surface area contributed by atoms with E-state index in [2.05, 4.69) is 18.0 Å². The topological polar surface area (TPSA) is 38.3 Å². The Labute approximate surface area is 108 Å². The second-order valence-electron chi connectivity index (χ2n) is 4.56. The molecule has 1 aromatic rings. The highest BCUT2D eigenvalue weighted by Gasteiger charge is 2.30. The van der Waals surface area contributed by atoms with Crippen molar-refractivity contribution < 1.29 is 9.53 Å². The summed E-state index contributed by atoms with van der Waals surface area (Å²) < 4.78 is 4.88. The van der Waals surface area contributed by atoms with Gasteiger partial charge in [0.25, 0.3) is 0 Å². The lowest BCUT2D eigenvalue weighted by molar-refractivity contribution is -0.143. The zero-order valence-corrected chi connectivity index (χ0v) is 10.7. The molecule has 0 aliphatic heterocycles. The van der Waals surface area contributed by atoms with Crippen molar-refractivity contribution in [2.24, 2.45) is 0 Å². The molecule has 1 aliphatic carbocycles. The van der Waals surface area contributed by atoms with Crippen LogP contribution in [0.1, 0.15) is 35.9 Å². The lowest BCUT2D eigenvalue weighted by Crippen LogP contribution is -2.30. The molecule has 0 heterocycles. The van der Waals surface area contributed by atoms with Crippen LogP contribution < -0.4 is 5.32 Å². The molecule has 0 aromatic heterocycles. The Bertz CT molecular complexity index is 438. The number of nitrogens with one attached hydrogen (secondary N) is 1. The average molecular weight is 245 g/mol. The van der Waals surface area contributed by atoms with Crippen LogP contribution in [0.15, 0.2) is 36.9 Å². The fraction of sp³-hybridized carbons (Fsp3) is 0.400. The molecule has 18 heavy (non-hydrogen) atoms. The van der Waals surface area contributed by atoms with Gasteiger partial charge in [-0.15, -0.1) is 6.58 Å². The predicted octanol–water partition coefficient (Wildman–Crippen LogP) is 2.55. The van der Waals surface area contributed by atoms with Crippen molar-refractivity contribution in [3.05, 3.63) is 48.0 Å². The molecule has 0 amide bonds. The van der Waals surface area contributed by atoms with Gasteiger partial charge in [-0.1, -0.05) is 30.3 Å². The number of hydrogen-bond acceptors (Lipinski definition) is 3. The van der Waals surface area contributed by atoms with Crippen LogP contribution >= 0.6 is 0 Å². The zero-order chi connectivity index (χ0) is 13.0. The van der Waals surface area contributed by atoms with Crippen molar-refractivity contribution in [2.75, 3.05) is 13.7 Å². The highest BCUT2D eigenvalue weighted by atomic mass is 16.5. The highest BCUT2D eigenvalue weighted by molar-refractivity contribution is 5.78. The van der Waals surface area contributed by atoms with E-state index in [1.807, 2.05) is 18.2 Å². The first kappa shape index (κ1) is 12.8. The normalized spacial score (nSPS) is 16.1. The van der Waals surface area contributed by atoms with Crippen LogP contribution in [-0.4, -0.2) is 19.6 Å². The second kappa shape index (κ2) is 5.83. The Hall–Kier alpha value is -1.61. The number of carbonyl (C=O) groups excluding carboxylic acids is 1. The van der Waals surface area contributed by atoms with E-state index < -0.39 is 6.04 Å². The Morgan fingerprint density at radius 3 is 2.89 bits per heavy atom. The summed E-state index contributed by atoms with van der Waals surface area (Å²) in [5, 5.41) is 3.17. The molecule has 1 atom stereocenters. The van der Waals surface area contributed by atoms with Gasteiger partial charge < -0.3 is 4.74 Å². The van der Waals surface area contributed by atoms with Gasteiger partial charge in [0.1, 0.15) is 6.04 Å². The molecule has 0 bridgehead atoms. The number of ether oxygens (including phenoxy) is 1. The molecule has 1 N–H and O–H groups in total. The van der Waals surface area contributed by atoms with Crippen molar-refractivity contribution in [3.8, 4) is 0 Å². The van der Waals surface area contributed by atoms with E-state index in [1.165, 1.54) is 25.5 Å². The first-order chi connectivity index (χ1) is 8.77. The molecule has 3 heteroatoms. The van der Waals surface area contributed by atoms with Gasteiger partial charge in [0.05, 0.1) is 7.11 Å². The number of methoxy groups -OCH3 is 1. The first-order valence-electron chi connectivity index (χ1n) is 6.29. The van der Waals surface area contributed by atoms with E-state index in [4.69, 9.17) is 4.74 Å². The Morgan fingerprint density at radius 2 is 2.28 bits per heavy atom. The Balaban J connectivity index is 2.28. The minimum absolute atomic E-state index is 0.245. The van der Waals surface area contributed by atoms with Gasteiger partial charge in [-0.05, 0) is 29.9 Å². The average Bonchev–Trinajstić information content (AvgIpc) is 3.23. The lowest BCUT2D eigenvalue weighted by atomic mass is 9.97. The SMILES string of the molecule is C=CCNC(C(=O)OC)c1ccccc1C1CC1. The summed E-state index contributed by atoms with van der Waals surface area (Å²) in [7, 11) is 1.42. The van der Waals surface area contributed by atoms with E-state index in [-0.39, 0.29) is 5.97 Å². The van der Waals surface area contributed by atoms with Gasteiger partial charge in [0, 0.05) is 6.54 Å². The van der Waals surface area contributed by atoms with Crippen LogP contribution in [0.3, 0.4) is 0 Å². The molecule has 3 nitrogen and oxygen atoms in total. The van der Waals surface area contributed by atoms with Crippen LogP contribution in [0.4, 0.5) is 0 Å². The van der Waals surface area contributed by atoms with Crippen molar-refractivity contribution in [3.63, 3.8) is 0 Å². The minimum atomic E-state index is -0.398. The third-order valence-electron chi connectivity index (χ3n) is 3.23. The Kier molecular flexibility index (Phi) is 4.15. The molecule has 1 aromatic carbocycles. The van der Waals surface area contributed by atoms with Gasteiger partial charge >= 0.3 is 5.97 Å². The van der Waals surface area contributed by atoms with Crippen LogP contribution in [0.25, 0.3) is 0 Å². The standard InChI is InChI=1S/C15H19NO2/c1-3-10-16-14(15(17)18-2)13-7-5-4-6-12(13)11-8-9-11/h3-7,11,14,16H,1,8-10H2,2H3. The number of benzene rings is 1. The van der Waals surface area contributed by atoms with Crippen LogP contribution in [0.2, 0.25) is 0 Å². The largest absolute Gasteiger partial charge is 0.468 e. The smallest absolute Gasteiger partial charge is 0.327 e. The molecular weight excluding hydrogens is 226 g/mol. The highest BCUT2D eigenvalue weighted by Crippen LogP contribution is 2.43. The monoisotopic (exact) mass is 245 g/mol. The fourth-order valence-electron chi connectivity index (χ4n) is 2.18. The van der Waals surface area contributed by atoms with E-state index in [0.717, 1.165) is 5.56 Å². The maximum atomic E-state index is 11.9.